The van der Waals surface area contributed by atoms with Crippen LogP contribution in [0.15, 0.2) is 21.8 Å². The highest BCUT2D eigenvalue weighted by atomic mass is 32.2. The summed E-state index contributed by atoms with van der Waals surface area (Å²) in [6.07, 6.45) is 9.98. The molecule has 15 heteroatoms. The summed E-state index contributed by atoms with van der Waals surface area (Å²) in [6, 6.07) is 4.26. The summed E-state index contributed by atoms with van der Waals surface area (Å²) in [7, 11) is 0.0565. The Balaban J connectivity index is 1.37. The van der Waals surface area contributed by atoms with E-state index in [9.17, 15) is 13.7 Å². The second-order valence-electron chi connectivity index (χ2n) is 13.3. The van der Waals surface area contributed by atoms with Gasteiger partial charge in [-0.15, -0.1) is 11.3 Å². The summed E-state index contributed by atoms with van der Waals surface area (Å²) >= 11 is 1.49. The molecule has 0 saturated carbocycles. The predicted octanol–water partition coefficient (Wildman–Crippen LogP) is 4.41. The molecule has 1 aliphatic heterocycles. The molecule has 6 heterocycles. The number of likely N-dealkylation sites (N-methyl/N-ethyl adjacent to an activating group) is 1. The van der Waals surface area contributed by atoms with Gasteiger partial charge in [0.15, 0.2) is 37.8 Å². The first-order valence-electron chi connectivity index (χ1n) is 16.0. The van der Waals surface area contributed by atoms with E-state index in [4.69, 9.17) is 25.3 Å². The highest BCUT2D eigenvalue weighted by molar-refractivity contribution is 7.90. The van der Waals surface area contributed by atoms with E-state index >= 15 is 0 Å². The molecule has 8 rings (SSSR count). The van der Waals surface area contributed by atoms with E-state index in [0.29, 0.717) is 50.9 Å². The first-order valence-corrected chi connectivity index (χ1v) is 18.7. The van der Waals surface area contributed by atoms with Crippen LogP contribution in [-0.4, -0.2) is 73.9 Å². The number of thiophene rings is 1. The molecule has 2 aliphatic carbocycles. The largest absolute Gasteiger partial charge is 0.389 e. The van der Waals surface area contributed by atoms with Crippen molar-refractivity contribution >= 4 is 37.2 Å². The van der Waals surface area contributed by atoms with E-state index < -0.39 is 15.3 Å². The average Bonchev–Trinajstić information content (AvgIpc) is 3.86. The molecular formula is C32H36N10O3S2. The van der Waals surface area contributed by atoms with Crippen LogP contribution in [0.4, 0.5) is 5.00 Å². The van der Waals surface area contributed by atoms with Gasteiger partial charge in [-0.25, -0.2) is 23.1 Å². The number of hydrogen-bond donors (Lipinski definition) is 1. The van der Waals surface area contributed by atoms with Gasteiger partial charge in [-0.3, -0.25) is 4.68 Å². The summed E-state index contributed by atoms with van der Waals surface area (Å²) in [5.41, 5.74) is 10.00. The highest BCUT2D eigenvalue weighted by Gasteiger charge is 2.49. The number of nitrogens with two attached hydrogens (primary N) is 1. The van der Waals surface area contributed by atoms with Crippen LogP contribution in [0.2, 0.25) is 0 Å². The molecular weight excluding hydrogens is 637 g/mol. The second kappa shape index (κ2) is 10.7. The maximum absolute atomic E-state index is 13.5. The summed E-state index contributed by atoms with van der Waals surface area (Å²) in [6.45, 7) is 3.08. The van der Waals surface area contributed by atoms with Crippen molar-refractivity contribution in [2.45, 2.75) is 80.8 Å². The Morgan fingerprint density at radius 1 is 1.15 bits per heavy atom. The number of anilines is 1. The van der Waals surface area contributed by atoms with Gasteiger partial charge in [0.2, 0.25) is 0 Å². The molecule has 2 N–H and O–H groups in total. The van der Waals surface area contributed by atoms with Gasteiger partial charge >= 0.3 is 0 Å². The van der Waals surface area contributed by atoms with E-state index in [2.05, 4.69) is 35.2 Å². The number of fused-ring (bicyclic) bond motifs is 5. The van der Waals surface area contributed by atoms with Crippen LogP contribution < -0.4 is 5.73 Å². The van der Waals surface area contributed by atoms with Crippen molar-refractivity contribution in [3.63, 3.8) is 0 Å². The molecule has 3 aliphatic rings. The zero-order valence-electron chi connectivity index (χ0n) is 26.8. The lowest BCUT2D eigenvalue weighted by atomic mass is 9.63. The quantitative estimate of drug-likeness (QED) is 0.262. The average molecular weight is 673 g/mol. The number of rotatable bonds is 5. The van der Waals surface area contributed by atoms with Crippen LogP contribution in [0, 0.1) is 11.3 Å². The van der Waals surface area contributed by atoms with Crippen LogP contribution in [0.25, 0.3) is 33.9 Å². The normalized spacial score (nSPS) is 22.1. The molecule has 13 nitrogen and oxygen atoms in total. The molecule has 1 spiro atoms. The van der Waals surface area contributed by atoms with Gasteiger partial charge in [-0.2, -0.15) is 15.5 Å². The zero-order valence-corrected chi connectivity index (χ0v) is 28.4. The summed E-state index contributed by atoms with van der Waals surface area (Å²) in [5, 5.41) is 25.0. The predicted molar refractivity (Wildman–Crippen MR) is 177 cm³/mol. The molecule has 1 saturated heterocycles. The lowest BCUT2D eigenvalue weighted by Gasteiger charge is -2.39. The molecule has 244 valence electrons. The number of aromatic nitrogens is 7. The third kappa shape index (κ3) is 4.48. The standard InChI is InChI=1S/C32H36N10O3S2/c1-17(21-9-7-14-40(21)2)42-30-23(26(38-42)20-11-15-41(3)37-20)31(47(4,43)44)36-29(35-30)25-18-8-5-12-32(27(18)45-39-25)13-6-10-22-24(32)19(16-33)28(34)46-22/h11,15,17,21H,5-10,12-14,34H2,1-4H3/t17-,21-,32-/m0/s1. The first-order chi connectivity index (χ1) is 22.5. The Kier molecular flexibility index (Phi) is 6.88. The van der Waals surface area contributed by atoms with E-state index in [1.807, 2.05) is 17.8 Å². The van der Waals surface area contributed by atoms with Crippen molar-refractivity contribution in [2.75, 3.05) is 25.6 Å². The van der Waals surface area contributed by atoms with Crippen LogP contribution in [0.3, 0.4) is 0 Å². The third-order valence-corrected chi connectivity index (χ3v) is 12.5. The van der Waals surface area contributed by atoms with Crippen LogP contribution in [-0.2, 0) is 35.1 Å². The topological polar surface area (TPSA) is 175 Å². The smallest absolute Gasteiger partial charge is 0.193 e. The zero-order chi connectivity index (χ0) is 32.8. The van der Waals surface area contributed by atoms with Gasteiger partial charge in [-0.05, 0) is 83.5 Å². The fourth-order valence-electron chi connectivity index (χ4n) is 8.31. The Morgan fingerprint density at radius 3 is 2.62 bits per heavy atom. The molecule has 0 bridgehead atoms. The number of nitrogens with zero attached hydrogens (tertiary/aromatic N) is 9. The molecule has 5 aromatic heterocycles. The minimum absolute atomic E-state index is 0.110. The lowest BCUT2D eigenvalue weighted by Crippen LogP contribution is -2.35. The van der Waals surface area contributed by atoms with E-state index in [-0.39, 0.29) is 22.9 Å². The molecule has 5 aromatic rings. The van der Waals surface area contributed by atoms with Crippen molar-refractivity contribution in [1.29, 1.82) is 5.26 Å². The molecule has 0 unspecified atom stereocenters. The maximum Gasteiger partial charge on any atom is 0.193 e. The van der Waals surface area contributed by atoms with Crippen LogP contribution in [0.1, 0.15) is 78.8 Å². The van der Waals surface area contributed by atoms with Gasteiger partial charge in [0.1, 0.15) is 22.5 Å². The minimum atomic E-state index is -3.86. The molecule has 1 fully saturated rings. The SMILES string of the molecule is C[C@@H]([C@@H]1CCCN1C)n1nc(-c2ccn(C)n2)c2c(S(C)(=O)=O)nc(-c3noc4c3CCC[C@@]43CCCc4sc(N)c(C#N)c43)nc21. The van der Waals surface area contributed by atoms with Gasteiger partial charge < -0.3 is 15.2 Å². The van der Waals surface area contributed by atoms with E-state index in [1.165, 1.54) is 11.3 Å². The van der Waals surface area contributed by atoms with Crippen molar-refractivity contribution in [2.24, 2.45) is 7.05 Å². The van der Waals surface area contributed by atoms with Crippen LogP contribution in [0.5, 0.6) is 0 Å². The Morgan fingerprint density at radius 2 is 1.94 bits per heavy atom. The summed E-state index contributed by atoms with van der Waals surface area (Å²) in [4.78, 5) is 13.2. The van der Waals surface area contributed by atoms with Crippen molar-refractivity contribution < 1.29 is 12.9 Å². The number of likely N-dealkylation sites (tertiary alicyclic amines) is 1. The molecule has 47 heavy (non-hydrogen) atoms. The number of hydrogen-bond acceptors (Lipinski definition) is 12. The van der Waals surface area contributed by atoms with Gasteiger partial charge in [-0.1, -0.05) is 5.16 Å². The van der Waals surface area contributed by atoms with Crippen LogP contribution >= 0.6 is 11.3 Å². The lowest BCUT2D eigenvalue weighted by molar-refractivity contribution is 0.232. The number of nitriles is 1. The molecule has 3 atom stereocenters. The monoisotopic (exact) mass is 672 g/mol. The summed E-state index contributed by atoms with van der Waals surface area (Å²) < 4.78 is 36.8. The van der Waals surface area contributed by atoms with Crippen molar-refractivity contribution in [1.82, 2.24) is 39.6 Å². The number of nitrogen functional groups attached to an aromatic ring is 1. The van der Waals surface area contributed by atoms with Gasteiger partial charge in [0.05, 0.1) is 22.4 Å². The molecule has 0 amide bonds. The second-order valence-corrected chi connectivity index (χ2v) is 16.4. The Bertz CT molecular complexity index is 2220. The van der Waals surface area contributed by atoms with Gasteiger partial charge in [0, 0.05) is 36.0 Å². The number of sulfone groups is 1. The van der Waals surface area contributed by atoms with Crippen molar-refractivity contribution in [3.8, 4) is 29.0 Å². The minimum Gasteiger partial charge on any atom is -0.389 e. The van der Waals surface area contributed by atoms with Gasteiger partial charge in [0.25, 0.3) is 0 Å². The van der Waals surface area contributed by atoms with Crippen molar-refractivity contribution in [3.05, 3.63) is 39.6 Å². The maximum atomic E-state index is 13.5. The number of aryl methyl sites for hydroxylation is 2. The fraction of sp³-hybridized carbons (Fsp3) is 0.500. The molecule has 0 radical (unpaired) electrons. The third-order valence-electron chi connectivity index (χ3n) is 10.4. The first kappa shape index (κ1) is 30.2. The Labute approximate surface area is 276 Å². The molecule has 0 aromatic carbocycles. The highest BCUT2D eigenvalue weighted by Crippen LogP contribution is 2.55. The summed E-state index contributed by atoms with van der Waals surface area (Å²) in [5.74, 6) is 0.893. The fourth-order valence-corrected chi connectivity index (χ4v) is 10.3. The van der Waals surface area contributed by atoms with E-state index in [1.54, 1.807) is 10.9 Å². The Hall–Kier alpha value is -4.13. The van der Waals surface area contributed by atoms with E-state index in [0.717, 1.165) is 73.8 Å².